The number of hydrogen-bond acceptors (Lipinski definition) is 4. The van der Waals surface area contributed by atoms with E-state index in [1.54, 1.807) is 0 Å². The molecule has 0 aliphatic heterocycles. The first kappa shape index (κ1) is 14.4. The molecule has 0 unspecified atom stereocenters. The smallest absolute Gasteiger partial charge is 0.136 e. The van der Waals surface area contributed by atoms with Gasteiger partial charge in [-0.25, -0.2) is 4.98 Å². The summed E-state index contributed by atoms with van der Waals surface area (Å²) in [6, 6.07) is 6.18. The highest BCUT2D eigenvalue weighted by Crippen LogP contribution is 2.34. The van der Waals surface area contributed by atoms with Gasteiger partial charge in [0.2, 0.25) is 0 Å². The number of benzene rings is 1. The molecule has 0 atom stereocenters. The predicted octanol–water partition coefficient (Wildman–Crippen LogP) is 2.80. The van der Waals surface area contributed by atoms with Crippen LogP contribution >= 0.6 is 0 Å². The van der Waals surface area contributed by atoms with E-state index in [9.17, 15) is 0 Å². The van der Waals surface area contributed by atoms with Gasteiger partial charge in [0.1, 0.15) is 17.5 Å². The fourth-order valence-electron chi connectivity index (χ4n) is 3.05. The number of nitrogen functional groups attached to an aromatic ring is 2. The Hall–Kier alpha value is -2.56. The minimum Gasteiger partial charge on any atom is -0.384 e. The summed E-state index contributed by atoms with van der Waals surface area (Å²) in [6.45, 7) is 4.04. The van der Waals surface area contributed by atoms with E-state index in [0.29, 0.717) is 5.56 Å². The summed E-state index contributed by atoms with van der Waals surface area (Å²) in [5.41, 5.74) is 18.0. The summed E-state index contributed by atoms with van der Waals surface area (Å²) in [7, 11) is 0. The Bertz CT molecular complexity index is 764. The van der Waals surface area contributed by atoms with Crippen molar-refractivity contribution in [3.8, 4) is 0 Å². The molecule has 5 heteroatoms. The molecule has 1 aromatic carbocycles. The second kappa shape index (κ2) is 5.33. The Balaban J connectivity index is 2.03. The molecule has 3 rings (SSSR count). The van der Waals surface area contributed by atoms with E-state index in [2.05, 4.69) is 29.4 Å². The first-order chi connectivity index (χ1) is 10.5. The second-order valence-corrected chi connectivity index (χ2v) is 5.87. The van der Waals surface area contributed by atoms with E-state index in [1.165, 1.54) is 23.1 Å². The van der Waals surface area contributed by atoms with Crippen molar-refractivity contribution in [3.63, 3.8) is 0 Å². The van der Waals surface area contributed by atoms with Gasteiger partial charge in [-0.1, -0.05) is 12.1 Å². The molecule has 1 aromatic heterocycles. The van der Waals surface area contributed by atoms with Crippen LogP contribution in [-0.2, 0) is 12.8 Å². The fraction of sp³-hybridized carbons (Fsp3) is 0.294. The number of aryl methyl sites for hydroxylation is 3. The van der Waals surface area contributed by atoms with Gasteiger partial charge in [-0.3, -0.25) is 5.41 Å². The summed E-state index contributed by atoms with van der Waals surface area (Å²) in [5.74, 6) is 0.952. The van der Waals surface area contributed by atoms with Crippen LogP contribution < -0.4 is 16.8 Å². The lowest BCUT2D eigenvalue weighted by Gasteiger charge is -2.17. The number of nitrogens with two attached hydrogens (primary N) is 2. The van der Waals surface area contributed by atoms with Gasteiger partial charge < -0.3 is 16.8 Å². The Kier molecular flexibility index (Phi) is 3.48. The molecule has 0 fully saturated rings. The maximum absolute atomic E-state index is 7.54. The van der Waals surface area contributed by atoms with Crippen molar-refractivity contribution in [2.75, 3.05) is 11.1 Å². The molecule has 114 valence electrons. The highest BCUT2D eigenvalue weighted by molar-refractivity contribution is 5.99. The lowest BCUT2D eigenvalue weighted by molar-refractivity contribution is 0.912. The van der Waals surface area contributed by atoms with Crippen LogP contribution in [0.2, 0.25) is 0 Å². The van der Waals surface area contributed by atoms with Crippen molar-refractivity contribution in [2.45, 2.75) is 33.1 Å². The first-order valence-corrected chi connectivity index (χ1v) is 7.47. The van der Waals surface area contributed by atoms with Gasteiger partial charge in [0, 0.05) is 5.69 Å². The number of anilines is 3. The summed E-state index contributed by atoms with van der Waals surface area (Å²) < 4.78 is 0. The number of fused-ring (bicyclic) bond motifs is 1. The lowest BCUT2D eigenvalue weighted by atomic mass is 10.0. The Morgan fingerprint density at radius 2 is 2.00 bits per heavy atom. The number of hydrogen-bond donors (Lipinski definition) is 4. The molecule has 2 aromatic rings. The molecule has 0 bridgehead atoms. The fourth-order valence-corrected chi connectivity index (χ4v) is 3.05. The van der Waals surface area contributed by atoms with Crippen molar-refractivity contribution < 1.29 is 0 Å². The third-order valence-electron chi connectivity index (χ3n) is 4.27. The number of aromatic nitrogens is 1. The third-order valence-corrected chi connectivity index (χ3v) is 4.27. The maximum atomic E-state index is 7.54. The number of pyridine rings is 1. The van der Waals surface area contributed by atoms with Gasteiger partial charge >= 0.3 is 0 Å². The average molecular weight is 295 g/mol. The monoisotopic (exact) mass is 295 g/mol. The number of rotatable bonds is 3. The quantitative estimate of drug-likeness (QED) is 0.516. The Labute approximate surface area is 130 Å². The average Bonchev–Trinajstić information content (AvgIpc) is 2.93. The normalized spacial score (nSPS) is 13.0. The topological polar surface area (TPSA) is 101 Å². The highest BCUT2D eigenvalue weighted by Gasteiger charge is 2.18. The van der Waals surface area contributed by atoms with Gasteiger partial charge in [0.15, 0.2) is 0 Å². The number of nitrogens with zero attached hydrogens (tertiary/aromatic N) is 1. The SMILES string of the molecule is Cc1cc(C(=N)N)c(N)nc1Nc1c(C)ccc2c1CCC2. The van der Waals surface area contributed by atoms with Crippen molar-refractivity contribution in [2.24, 2.45) is 5.73 Å². The van der Waals surface area contributed by atoms with Crippen LogP contribution in [0.4, 0.5) is 17.3 Å². The van der Waals surface area contributed by atoms with Crippen LogP contribution in [0.5, 0.6) is 0 Å². The molecular formula is C17H21N5. The van der Waals surface area contributed by atoms with E-state index in [0.717, 1.165) is 29.9 Å². The summed E-state index contributed by atoms with van der Waals surface area (Å²) in [6.07, 6.45) is 3.44. The standard InChI is InChI=1S/C17H21N5/c1-9-6-7-11-4-3-5-12(11)14(9)21-17-10(2)8-13(15(18)19)16(20)22-17/h6-8H,3-5H2,1-2H3,(H3,18,19)(H3,20,21,22). The minimum atomic E-state index is -0.0589. The summed E-state index contributed by atoms with van der Waals surface area (Å²) >= 11 is 0. The maximum Gasteiger partial charge on any atom is 0.136 e. The van der Waals surface area contributed by atoms with E-state index in [4.69, 9.17) is 16.9 Å². The van der Waals surface area contributed by atoms with Crippen molar-refractivity contribution in [3.05, 3.63) is 46.0 Å². The molecule has 1 aliphatic carbocycles. The Morgan fingerprint density at radius 3 is 2.73 bits per heavy atom. The zero-order valence-electron chi connectivity index (χ0n) is 13.0. The van der Waals surface area contributed by atoms with Crippen molar-refractivity contribution in [1.82, 2.24) is 4.98 Å². The second-order valence-electron chi connectivity index (χ2n) is 5.87. The predicted molar refractivity (Wildman–Crippen MR) is 90.9 cm³/mol. The molecule has 0 spiro atoms. The number of amidine groups is 1. The third kappa shape index (κ3) is 2.39. The van der Waals surface area contributed by atoms with E-state index in [1.807, 2.05) is 13.0 Å². The molecule has 6 N–H and O–H groups in total. The zero-order chi connectivity index (χ0) is 15.9. The lowest BCUT2D eigenvalue weighted by Crippen LogP contribution is -2.16. The molecule has 5 nitrogen and oxygen atoms in total. The van der Waals surface area contributed by atoms with Gasteiger partial charge in [0.05, 0.1) is 5.56 Å². The molecule has 22 heavy (non-hydrogen) atoms. The van der Waals surface area contributed by atoms with Gasteiger partial charge in [-0.15, -0.1) is 0 Å². The molecule has 0 amide bonds. The van der Waals surface area contributed by atoms with Crippen LogP contribution in [0.1, 0.15) is 34.2 Å². The highest BCUT2D eigenvalue weighted by atomic mass is 15.0. The van der Waals surface area contributed by atoms with Crippen LogP contribution in [-0.4, -0.2) is 10.8 Å². The van der Waals surface area contributed by atoms with Gasteiger partial charge in [-0.05, 0) is 61.4 Å². The van der Waals surface area contributed by atoms with Gasteiger partial charge in [-0.2, -0.15) is 0 Å². The molecular weight excluding hydrogens is 274 g/mol. The van der Waals surface area contributed by atoms with Crippen LogP contribution in [0.3, 0.4) is 0 Å². The molecule has 0 saturated heterocycles. The molecule has 0 radical (unpaired) electrons. The summed E-state index contributed by atoms with van der Waals surface area (Å²) in [5, 5.41) is 11.0. The van der Waals surface area contributed by atoms with Gasteiger partial charge in [0.25, 0.3) is 0 Å². The molecule has 1 heterocycles. The van der Waals surface area contributed by atoms with E-state index < -0.39 is 0 Å². The molecule has 1 aliphatic rings. The first-order valence-electron chi connectivity index (χ1n) is 7.47. The van der Waals surface area contributed by atoms with Crippen LogP contribution in [0, 0.1) is 19.3 Å². The van der Waals surface area contributed by atoms with E-state index in [-0.39, 0.29) is 11.7 Å². The van der Waals surface area contributed by atoms with Crippen LogP contribution in [0.25, 0.3) is 0 Å². The molecule has 0 saturated carbocycles. The van der Waals surface area contributed by atoms with E-state index >= 15 is 0 Å². The summed E-state index contributed by atoms with van der Waals surface area (Å²) in [4.78, 5) is 4.40. The minimum absolute atomic E-state index is 0.0589. The number of nitrogens with one attached hydrogen (secondary N) is 2. The van der Waals surface area contributed by atoms with Crippen molar-refractivity contribution in [1.29, 1.82) is 5.41 Å². The Morgan fingerprint density at radius 1 is 1.23 bits per heavy atom. The zero-order valence-corrected chi connectivity index (χ0v) is 13.0. The largest absolute Gasteiger partial charge is 0.384 e. The van der Waals surface area contributed by atoms with Crippen LogP contribution in [0.15, 0.2) is 18.2 Å². The van der Waals surface area contributed by atoms with Crippen molar-refractivity contribution >= 4 is 23.2 Å².